The standard InChI is InChI=1S/C12H16N2O2/c1-8-7-13-14-12(8)10-5-4-9(15-2)6-11(10)16-3/h4-6,8,13H,7H2,1-3H3. The molecule has 2 rings (SSSR count). The Morgan fingerprint density at radius 2 is 2.12 bits per heavy atom. The molecule has 1 heterocycles. The Labute approximate surface area is 95.3 Å². The highest BCUT2D eigenvalue weighted by Gasteiger charge is 2.21. The van der Waals surface area contributed by atoms with Crippen LogP contribution in [0.1, 0.15) is 12.5 Å². The van der Waals surface area contributed by atoms with Crippen molar-refractivity contribution in [2.24, 2.45) is 11.0 Å². The number of nitrogens with zero attached hydrogens (tertiary/aromatic N) is 1. The number of hydrogen-bond donors (Lipinski definition) is 1. The fourth-order valence-electron chi connectivity index (χ4n) is 1.81. The fraction of sp³-hybridized carbons (Fsp3) is 0.417. The van der Waals surface area contributed by atoms with E-state index in [0.29, 0.717) is 5.92 Å². The molecule has 0 aromatic heterocycles. The van der Waals surface area contributed by atoms with Crippen LogP contribution in [0.25, 0.3) is 0 Å². The summed E-state index contributed by atoms with van der Waals surface area (Å²) in [4.78, 5) is 0. The third-order valence-corrected chi connectivity index (χ3v) is 2.75. The average Bonchev–Trinajstić information content (AvgIpc) is 2.74. The van der Waals surface area contributed by atoms with Crippen LogP contribution in [0, 0.1) is 5.92 Å². The van der Waals surface area contributed by atoms with Gasteiger partial charge in [0, 0.05) is 24.1 Å². The molecule has 0 aliphatic carbocycles. The van der Waals surface area contributed by atoms with Gasteiger partial charge in [-0.2, -0.15) is 5.10 Å². The topological polar surface area (TPSA) is 42.8 Å². The lowest BCUT2D eigenvalue weighted by molar-refractivity contribution is 0.393. The average molecular weight is 220 g/mol. The van der Waals surface area contributed by atoms with Crippen LogP contribution in [0.4, 0.5) is 0 Å². The molecule has 0 bridgehead atoms. The van der Waals surface area contributed by atoms with Crippen molar-refractivity contribution in [2.45, 2.75) is 6.92 Å². The number of methoxy groups -OCH3 is 2. The molecule has 0 radical (unpaired) electrons. The number of ether oxygens (including phenoxy) is 2. The predicted octanol–water partition coefficient (Wildman–Crippen LogP) is 1.65. The molecule has 1 atom stereocenters. The summed E-state index contributed by atoms with van der Waals surface area (Å²) in [6.45, 7) is 3.02. The number of benzene rings is 1. The number of hydrazone groups is 1. The Bertz CT molecular complexity index is 415. The molecule has 0 amide bonds. The zero-order valence-electron chi connectivity index (χ0n) is 9.78. The van der Waals surface area contributed by atoms with Gasteiger partial charge >= 0.3 is 0 Å². The van der Waals surface area contributed by atoms with Crippen molar-refractivity contribution >= 4 is 5.71 Å². The first kappa shape index (κ1) is 10.8. The van der Waals surface area contributed by atoms with Crippen molar-refractivity contribution in [3.8, 4) is 11.5 Å². The van der Waals surface area contributed by atoms with Crippen LogP contribution in [0.2, 0.25) is 0 Å². The summed E-state index contributed by atoms with van der Waals surface area (Å²) in [5.74, 6) is 2.00. The lowest BCUT2D eigenvalue weighted by Crippen LogP contribution is -2.13. The Morgan fingerprint density at radius 1 is 1.31 bits per heavy atom. The monoisotopic (exact) mass is 220 g/mol. The van der Waals surface area contributed by atoms with E-state index in [1.54, 1.807) is 14.2 Å². The van der Waals surface area contributed by atoms with E-state index in [4.69, 9.17) is 9.47 Å². The quantitative estimate of drug-likeness (QED) is 0.842. The fourth-order valence-corrected chi connectivity index (χ4v) is 1.81. The summed E-state index contributed by atoms with van der Waals surface area (Å²) < 4.78 is 10.5. The first-order chi connectivity index (χ1) is 7.76. The van der Waals surface area contributed by atoms with Crippen LogP contribution in [0.15, 0.2) is 23.3 Å². The molecule has 86 valence electrons. The lowest BCUT2D eigenvalue weighted by atomic mass is 9.98. The molecule has 1 aromatic carbocycles. The van der Waals surface area contributed by atoms with Gasteiger partial charge in [-0.15, -0.1) is 0 Å². The van der Waals surface area contributed by atoms with Crippen molar-refractivity contribution in [1.29, 1.82) is 0 Å². The van der Waals surface area contributed by atoms with Gasteiger partial charge in [-0.25, -0.2) is 0 Å². The summed E-state index contributed by atoms with van der Waals surface area (Å²) in [7, 11) is 3.30. The predicted molar refractivity (Wildman–Crippen MR) is 63.2 cm³/mol. The lowest BCUT2D eigenvalue weighted by Gasteiger charge is -2.12. The summed E-state index contributed by atoms with van der Waals surface area (Å²) in [6, 6.07) is 5.79. The number of rotatable bonds is 3. The van der Waals surface area contributed by atoms with E-state index in [1.165, 1.54) is 0 Å². The third-order valence-electron chi connectivity index (χ3n) is 2.75. The van der Waals surface area contributed by atoms with E-state index in [0.717, 1.165) is 29.3 Å². The second kappa shape index (κ2) is 4.43. The highest BCUT2D eigenvalue weighted by atomic mass is 16.5. The van der Waals surface area contributed by atoms with E-state index in [2.05, 4.69) is 17.5 Å². The van der Waals surface area contributed by atoms with Gasteiger partial charge in [-0.1, -0.05) is 6.92 Å². The molecule has 16 heavy (non-hydrogen) atoms. The minimum atomic E-state index is 0.405. The molecule has 4 nitrogen and oxygen atoms in total. The maximum Gasteiger partial charge on any atom is 0.131 e. The highest BCUT2D eigenvalue weighted by molar-refractivity contribution is 6.05. The second-order valence-electron chi connectivity index (χ2n) is 3.83. The van der Waals surface area contributed by atoms with Crippen molar-refractivity contribution < 1.29 is 9.47 Å². The van der Waals surface area contributed by atoms with Gasteiger partial charge in [0.2, 0.25) is 0 Å². The number of nitrogens with one attached hydrogen (secondary N) is 1. The Morgan fingerprint density at radius 3 is 2.69 bits per heavy atom. The zero-order chi connectivity index (χ0) is 11.5. The molecule has 0 saturated carbocycles. The molecule has 1 aromatic rings. The van der Waals surface area contributed by atoms with Gasteiger partial charge in [-0.3, -0.25) is 0 Å². The molecule has 1 unspecified atom stereocenters. The molecule has 1 aliphatic rings. The normalized spacial score (nSPS) is 18.9. The largest absolute Gasteiger partial charge is 0.497 e. The molecule has 1 aliphatic heterocycles. The van der Waals surface area contributed by atoms with Crippen LogP contribution >= 0.6 is 0 Å². The molecule has 0 spiro atoms. The smallest absolute Gasteiger partial charge is 0.131 e. The first-order valence-electron chi connectivity index (χ1n) is 5.29. The summed E-state index contributed by atoms with van der Waals surface area (Å²) >= 11 is 0. The molecule has 4 heteroatoms. The van der Waals surface area contributed by atoms with Crippen molar-refractivity contribution in [1.82, 2.24) is 5.43 Å². The first-order valence-corrected chi connectivity index (χ1v) is 5.29. The van der Waals surface area contributed by atoms with E-state index in [1.807, 2.05) is 18.2 Å². The van der Waals surface area contributed by atoms with E-state index in [-0.39, 0.29) is 0 Å². The van der Waals surface area contributed by atoms with Gasteiger partial charge < -0.3 is 14.9 Å². The van der Waals surface area contributed by atoms with Gasteiger partial charge in [-0.05, 0) is 12.1 Å². The second-order valence-corrected chi connectivity index (χ2v) is 3.83. The molecule has 0 saturated heterocycles. The van der Waals surface area contributed by atoms with Crippen LogP contribution in [0.5, 0.6) is 11.5 Å². The third kappa shape index (κ3) is 1.83. The van der Waals surface area contributed by atoms with Crippen LogP contribution in [-0.2, 0) is 0 Å². The molecule has 1 N–H and O–H groups in total. The molecule has 0 fully saturated rings. The highest BCUT2D eigenvalue weighted by Crippen LogP contribution is 2.27. The van der Waals surface area contributed by atoms with E-state index >= 15 is 0 Å². The Kier molecular flexibility index (Phi) is 2.99. The van der Waals surface area contributed by atoms with Gasteiger partial charge in [0.25, 0.3) is 0 Å². The van der Waals surface area contributed by atoms with Gasteiger partial charge in [0.1, 0.15) is 11.5 Å². The van der Waals surface area contributed by atoms with Crippen LogP contribution in [0.3, 0.4) is 0 Å². The van der Waals surface area contributed by atoms with Crippen LogP contribution < -0.4 is 14.9 Å². The molecular formula is C12H16N2O2. The van der Waals surface area contributed by atoms with Crippen LogP contribution in [-0.4, -0.2) is 26.5 Å². The summed E-state index contributed by atoms with van der Waals surface area (Å²) in [5.41, 5.74) is 5.07. The summed E-state index contributed by atoms with van der Waals surface area (Å²) in [5, 5.41) is 4.30. The minimum Gasteiger partial charge on any atom is -0.497 e. The van der Waals surface area contributed by atoms with Gasteiger partial charge in [0.15, 0.2) is 0 Å². The number of hydrogen-bond acceptors (Lipinski definition) is 4. The minimum absolute atomic E-state index is 0.405. The van der Waals surface area contributed by atoms with Crippen molar-refractivity contribution in [3.05, 3.63) is 23.8 Å². The Hall–Kier alpha value is -1.71. The van der Waals surface area contributed by atoms with Crippen molar-refractivity contribution in [2.75, 3.05) is 20.8 Å². The van der Waals surface area contributed by atoms with Crippen molar-refractivity contribution in [3.63, 3.8) is 0 Å². The Balaban J connectivity index is 2.40. The van der Waals surface area contributed by atoms with E-state index < -0.39 is 0 Å². The molecular weight excluding hydrogens is 204 g/mol. The maximum absolute atomic E-state index is 5.36. The maximum atomic E-state index is 5.36. The summed E-state index contributed by atoms with van der Waals surface area (Å²) in [6.07, 6.45) is 0. The zero-order valence-corrected chi connectivity index (χ0v) is 9.78. The van der Waals surface area contributed by atoms with Gasteiger partial charge in [0.05, 0.1) is 19.9 Å². The SMILES string of the molecule is COc1ccc(C2=NNCC2C)c(OC)c1. The van der Waals surface area contributed by atoms with E-state index in [9.17, 15) is 0 Å².